The van der Waals surface area contributed by atoms with E-state index in [4.69, 9.17) is 5.11 Å². The minimum absolute atomic E-state index is 0.0389. The van der Waals surface area contributed by atoms with Gasteiger partial charge in [0.05, 0.1) is 13.0 Å². The molecule has 1 N–H and O–H groups in total. The number of pyridine rings is 1. The van der Waals surface area contributed by atoms with E-state index >= 15 is 0 Å². The van der Waals surface area contributed by atoms with Crippen LogP contribution in [0.1, 0.15) is 6.42 Å². The molecule has 0 aliphatic heterocycles. The first-order valence-electron chi connectivity index (χ1n) is 6.08. The number of carbonyl (C=O) groups is 1. The van der Waals surface area contributed by atoms with Crippen molar-refractivity contribution in [2.24, 2.45) is 0 Å². The van der Waals surface area contributed by atoms with Crippen LogP contribution >= 0.6 is 0 Å². The fraction of sp³-hybridized carbons (Fsp3) is 0.154. The Morgan fingerprint density at radius 3 is 2.95 bits per heavy atom. The molecule has 1 aromatic carbocycles. The summed E-state index contributed by atoms with van der Waals surface area (Å²) < 4.78 is 1.46. The molecule has 2 aromatic heterocycles. The lowest BCUT2D eigenvalue weighted by Crippen LogP contribution is -2.08. The van der Waals surface area contributed by atoms with Crippen LogP contribution in [0.4, 0.5) is 0 Å². The highest BCUT2D eigenvalue weighted by molar-refractivity contribution is 5.92. The second kappa shape index (κ2) is 5.04. The van der Waals surface area contributed by atoms with Gasteiger partial charge in [0.15, 0.2) is 0 Å². The fourth-order valence-corrected chi connectivity index (χ4v) is 2.02. The maximum atomic E-state index is 10.7. The van der Waals surface area contributed by atoms with Crippen molar-refractivity contribution in [2.45, 2.75) is 13.0 Å². The van der Waals surface area contributed by atoms with Gasteiger partial charge in [-0.2, -0.15) is 0 Å². The van der Waals surface area contributed by atoms with Crippen molar-refractivity contribution in [1.82, 2.24) is 25.2 Å². The first kappa shape index (κ1) is 12.2. The van der Waals surface area contributed by atoms with Gasteiger partial charge in [0.25, 0.3) is 0 Å². The van der Waals surface area contributed by atoms with E-state index in [2.05, 4.69) is 20.5 Å². The average Bonchev–Trinajstić information content (AvgIpc) is 2.92. The molecular weight excluding hydrogens is 258 g/mol. The number of aliphatic carboxylic acids is 1. The predicted molar refractivity (Wildman–Crippen MR) is 70.8 cm³/mol. The first-order chi connectivity index (χ1) is 9.75. The molecule has 0 saturated heterocycles. The lowest BCUT2D eigenvalue weighted by molar-refractivity contribution is -0.137. The number of hydrogen-bond donors (Lipinski definition) is 1. The minimum atomic E-state index is -0.891. The lowest BCUT2D eigenvalue weighted by Gasteiger charge is -2.05. The van der Waals surface area contributed by atoms with Crippen molar-refractivity contribution in [2.75, 3.05) is 0 Å². The normalized spacial score (nSPS) is 10.8. The standard InChI is InChI=1S/C13H11N5O2/c19-11(20)6-8-18-13(15-16-17-18)12-10-4-2-1-3-9(10)5-7-14-12/h1-5,7H,6,8H2,(H,19,20). The largest absolute Gasteiger partial charge is 0.481 e. The SMILES string of the molecule is O=C(O)CCn1nnnc1-c1nccc2ccccc12. The number of tetrazole rings is 1. The van der Waals surface area contributed by atoms with Crippen LogP contribution in [-0.4, -0.2) is 36.3 Å². The topological polar surface area (TPSA) is 93.8 Å². The number of fused-ring (bicyclic) bond motifs is 1. The molecular formula is C13H11N5O2. The Morgan fingerprint density at radius 1 is 1.25 bits per heavy atom. The van der Waals surface area contributed by atoms with Gasteiger partial charge in [0.2, 0.25) is 5.82 Å². The number of aryl methyl sites for hydroxylation is 1. The van der Waals surface area contributed by atoms with Crippen LogP contribution < -0.4 is 0 Å². The van der Waals surface area contributed by atoms with E-state index < -0.39 is 5.97 Å². The summed E-state index contributed by atoms with van der Waals surface area (Å²) in [5.41, 5.74) is 0.651. The number of rotatable bonds is 4. The number of benzene rings is 1. The molecule has 0 bridgehead atoms. The molecule has 0 aliphatic rings. The van der Waals surface area contributed by atoms with Gasteiger partial charge in [0.1, 0.15) is 5.69 Å². The Balaban J connectivity index is 2.08. The Bertz CT molecular complexity index is 763. The molecule has 7 nitrogen and oxygen atoms in total. The highest BCUT2D eigenvalue weighted by atomic mass is 16.4. The third kappa shape index (κ3) is 2.20. The molecule has 2 heterocycles. The number of hydrogen-bond acceptors (Lipinski definition) is 5. The van der Waals surface area contributed by atoms with Crippen LogP contribution in [0.5, 0.6) is 0 Å². The second-order valence-electron chi connectivity index (χ2n) is 4.25. The number of carboxylic acids is 1. The van der Waals surface area contributed by atoms with Gasteiger partial charge in [-0.3, -0.25) is 9.78 Å². The van der Waals surface area contributed by atoms with Crippen molar-refractivity contribution in [3.8, 4) is 11.5 Å². The smallest absolute Gasteiger partial charge is 0.305 e. The van der Waals surface area contributed by atoms with Gasteiger partial charge >= 0.3 is 5.97 Å². The van der Waals surface area contributed by atoms with Gasteiger partial charge in [-0.25, -0.2) is 4.68 Å². The van der Waals surface area contributed by atoms with E-state index in [-0.39, 0.29) is 13.0 Å². The highest BCUT2D eigenvalue weighted by Gasteiger charge is 2.14. The molecule has 0 atom stereocenters. The van der Waals surface area contributed by atoms with Gasteiger partial charge in [-0.15, -0.1) is 5.10 Å². The average molecular weight is 269 g/mol. The Kier molecular flexibility index (Phi) is 3.08. The zero-order valence-corrected chi connectivity index (χ0v) is 10.5. The zero-order valence-electron chi connectivity index (χ0n) is 10.5. The van der Waals surface area contributed by atoms with Gasteiger partial charge in [-0.05, 0) is 21.9 Å². The molecule has 100 valence electrons. The van der Waals surface area contributed by atoms with E-state index in [0.29, 0.717) is 11.5 Å². The molecule has 3 rings (SSSR count). The summed E-state index contributed by atoms with van der Waals surface area (Å²) in [7, 11) is 0. The predicted octanol–water partition coefficient (Wildman–Crippen LogP) is 1.36. The quantitative estimate of drug-likeness (QED) is 0.768. The van der Waals surface area contributed by atoms with Crippen molar-refractivity contribution in [3.05, 3.63) is 36.5 Å². The highest BCUT2D eigenvalue weighted by Crippen LogP contribution is 2.24. The van der Waals surface area contributed by atoms with Crippen molar-refractivity contribution in [1.29, 1.82) is 0 Å². The van der Waals surface area contributed by atoms with E-state index in [9.17, 15) is 4.79 Å². The molecule has 0 amide bonds. The summed E-state index contributed by atoms with van der Waals surface area (Å²) in [6.45, 7) is 0.211. The third-order valence-corrected chi connectivity index (χ3v) is 2.95. The molecule has 7 heteroatoms. The first-order valence-corrected chi connectivity index (χ1v) is 6.08. The van der Waals surface area contributed by atoms with Crippen LogP contribution in [0.25, 0.3) is 22.3 Å². The summed E-state index contributed by atoms with van der Waals surface area (Å²) in [5.74, 6) is -0.416. The van der Waals surface area contributed by atoms with Crippen LogP contribution in [-0.2, 0) is 11.3 Å². The second-order valence-corrected chi connectivity index (χ2v) is 4.25. The Morgan fingerprint density at radius 2 is 2.10 bits per heavy atom. The number of nitrogens with zero attached hydrogens (tertiary/aromatic N) is 5. The van der Waals surface area contributed by atoms with Crippen molar-refractivity contribution < 1.29 is 9.90 Å². The molecule has 0 fully saturated rings. The Hall–Kier alpha value is -2.83. The molecule has 0 spiro atoms. The molecule has 0 unspecified atom stereocenters. The van der Waals surface area contributed by atoms with E-state index in [1.165, 1.54) is 4.68 Å². The van der Waals surface area contributed by atoms with Gasteiger partial charge in [0, 0.05) is 11.6 Å². The minimum Gasteiger partial charge on any atom is -0.481 e. The Labute approximate surface area is 113 Å². The van der Waals surface area contributed by atoms with Crippen LogP contribution in [0, 0.1) is 0 Å². The molecule has 20 heavy (non-hydrogen) atoms. The summed E-state index contributed by atoms with van der Waals surface area (Å²) in [6.07, 6.45) is 1.65. The fourth-order valence-electron chi connectivity index (χ4n) is 2.02. The van der Waals surface area contributed by atoms with Crippen LogP contribution in [0.2, 0.25) is 0 Å². The lowest BCUT2D eigenvalue weighted by atomic mass is 10.1. The third-order valence-electron chi connectivity index (χ3n) is 2.95. The van der Waals surface area contributed by atoms with Gasteiger partial charge in [-0.1, -0.05) is 24.3 Å². The molecule has 3 aromatic rings. The van der Waals surface area contributed by atoms with E-state index in [1.807, 2.05) is 30.3 Å². The number of aromatic nitrogens is 5. The summed E-state index contributed by atoms with van der Waals surface area (Å²) >= 11 is 0. The molecule has 0 saturated carbocycles. The zero-order chi connectivity index (χ0) is 13.9. The monoisotopic (exact) mass is 269 g/mol. The van der Waals surface area contributed by atoms with E-state index in [1.54, 1.807) is 6.20 Å². The maximum Gasteiger partial charge on any atom is 0.305 e. The van der Waals surface area contributed by atoms with Gasteiger partial charge < -0.3 is 5.11 Å². The van der Waals surface area contributed by atoms with E-state index in [0.717, 1.165) is 10.8 Å². The number of carboxylic acid groups (broad SMARTS) is 1. The van der Waals surface area contributed by atoms with Crippen molar-refractivity contribution in [3.63, 3.8) is 0 Å². The van der Waals surface area contributed by atoms with Crippen LogP contribution in [0.3, 0.4) is 0 Å². The summed E-state index contributed by atoms with van der Waals surface area (Å²) in [4.78, 5) is 15.0. The van der Waals surface area contributed by atoms with Crippen molar-refractivity contribution >= 4 is 16.7 Å². The van der Waals surface area contributed by atoms with Crippen LogP contribution in [0.15, 0.2) is 36.5 Å². The maximum absolute atomic E-state index is 10.7. The summed E-state index contributed by atoms with van der Waals surface area (Å²) in [6, 6.07) is 9.68. The summed E-state index contributed by atoms with van der Waals surface area (Å²) in [5, 5.41) is 22.1. The molecule has 0 radical (unpaired) electrons. The molecule has 0 aliphatic carbocycles.